The molecule has 1 saturated heterocycles. The van der Waals surface area contributed by atoms with Crippen LogP contribution in [-0.4, -0.2) is 50.7 Å². The van der Waals surface area contributed by atoms with E-state index in [4.69, 9.17) is 9.47 Å². The summed E-state index contributed by atoms with van der Waals surface area (Å²) in [6, 6.07) is 9.46. The van der Waals surface area contributed by atoms with Crippen LogP contribution < -0.4 is 14.8 Å². The number of aromatic amines is 1. The highest BCUT2D eigenvalue weighted by Crippen LogP contribution is 2.33. The molecule has 1 amide bonds. The molecule has 0 aliphatic carbocycles. The van der Waals surface area contributed by atoms with Crippen LogP contribution in [0.5, 0.6) is 11.5 Å². The highest BCUT2D eigenvalue weighted by molar-refractivity contribution is 6.04. The van der Waals surface area contributed by atoms with Crippen molar-refractivity contribution in [1.29, 1.82) is 0 Å². The van der Waals surface area contributed by atoms with Gasteiger partial charge in [0.2, 0.25) is 6.79 Å². The number of carbonyl (C=O) groups is 1. The number of ether oxygens (including phenoxy) is 2. The zero-order valence-corrected chi connectivity index (χ0v) is 18.4. The summed E-state index contributed by atoms with van der Waals surface area (Å²) >= 11 is 0. The number of carbonyl (C=O) groups excluding carboxylic acids is 1. The van der Waals surface area contributed by atoms with Crippen LogP contribution in [0, 0.1) is 0 Å². The van der Waals surface area contributed by atoms with Gasteiger partial charge >= 0.3 is 0 Å². The first-order chi connectivity index (χ1) is 15.6. The molecule has 168 valence electrons. The fourth-order valence-electron chi connectivity index (χ4n) is 4.25. The van der Waals surface area contributed by atoms with E-state index in [1.54, 1.807) is 24.4 Å². The maximum atomic E-state index is 12.8. The Bertz CT molecular complexity index is 1100. The predicted molar refractivity (Wildman–Crippen MR) is 119 cm³/mol. The van der Waals surface area contributed by atoms with Gasteiger partial charge in [0.1, 0.15) is 5.82 Å². The molecule has 3 aromatic rings. The van der Waals surface area contributed by atoms with Crippen molar-refractivity contribution in [2.45, 2.75) is 45.2 Å². The summed E-state index contributed by atoms with van der Waals surface area (Å²) in [6.45, 7) is 7.30. The fourth-order valence-corrected chi connectivity index (χ4v) is 4.25. The quantitative estimate of drug-likeness (QED) is 0.613. The van der Waals surface area contributed by atoms with Crippen LogP contribution in [0.3, 0.4) is 0 Å². The van der Waals surface area contributed by atoms with Gasteiger partial charge in [-0.15, -0.1) is 0 Å². The average molecular weight is 437 g/mol. The lowest BCUT2D eigenvalue weighted by Crippen LogP contribution is -2.35. The summed E-state index contributed by atoms with van der Waals surface area (Å²) in [7, 11) is 0. The number of benzene rings is 1. The Labute approximate surface area is 186 Å². The zero-order valence-electron chi connectivity index (χ0n) is 18.4. The standard InChI is InChI=1S/C23H28N6O3/c1-15(2)19-12-17(26-27-19)13-28-9-6-18(7-10-28)29-22(5-8-24-29)25-23(30)16-3-4-20-21(11-16)32-14-31-20/h3-5,8,11-12,15,18H,6-7,9-10,13-14H2,1-2H3,(H,25,30)(H,26,27). The van der Waals surface area contributed by atoms with Crippen LogP contribution in [0.1, 0.15) is 60.4 Å². The lowest BCUT2D eigenvalue weighted by molar-refractivity contribution is 0.102. The van der Waals surface area contributed by atoms with Crippen molar-refractivity contribution in [3.05, 3.63) is 53.5 Å². The Morgan fingerprint density at radius 3 is 2.78 bits per heavy atom. The Hall–Kier alpha value is -3.33. The SMILES string of the molecule is CC(C)c1cc(CN2CCC(n3nccc3NC(=O)c3ccc4c(c3)OCO4)CC2)[nH]n1. The molecule has 5 rings (SSSR count). The number of H-pyrrole nitrogens is 1. The van der Waals surface area contributed by atoms with E-state index in [1.165, 1.54) is 0 Å². The van der Waals surface area contributed by atoms with Crippen molar-refractivity contribution in [2.24, 2.45) is 0 Å². The number of nitrogens with one attached hydrogen (secondary N) is 2. The summed E-state index contributed by atoms with van der Waals surface area (Å²) in [5.41, 5.74) is 2.79. The lowest BCUT2D eigenvalue weighted by Gasteiger charge is -2.32. The Morgan fingerprint density at radius 2 is 2.00 bits per heavy atom. The number of hydrogen-bond donors (Lipinski definition) is 2. The number of rotatable bonds is 6. The third kappa shape index (κ3) is 4.20. The van der Waals surface area contributed by atoms with Gasteiger partial charge in [0.15, 0.2) is 11.5 Å². The average Bonchev–Trinajstić information content (AvgIpc) is 3.54. The minimum Gasteiger partial charge on any atom is -0.454 e. The Kier molecular flexibility index (Phi) is 5.57. The molecular formula is C23H28N6O3. The molecule has 0 bridgehead atoms. The summed E-state index contributed by atoms with van der Waals surface area (Å²) in [4.78, 5) is 15.2. The second-order valence-electron chi connectivity index (χ2n) is 8.66. The molecule has 32 heavy (non-hydrogen) atoms. The lowest BCUT2D eigenvalue weighted by atomic mass is 10.0. The van der Waals surface area contributed by atoms with E-state index in [0.29, 0.717) is 28.8 Å². The molecule has 1 fully saturated rings. The van der Waals surface area contributed by atoms with Gasteiger partial charge in [-0.1, -0.05) is 13.8 Å². The molecule has 0 spiro atoms. The van der Waals surface area contributed by atoms with E-state index in [0.717, 1.165) is 43.9 Å². The third-order valence-electron chi connectivity index (χ3n) is 6.09. The molecule has 1 aromatic carbocycles. The van der Waals surface area contributed by atoms with Gasteiger partial charge in [-0.25, -0.2) is 4.68 Å². The first-order valence-corrected chi connectivity index (χ1v) is 11.1. The molecule has 9 nitrogen and oxygen atoms in total. The van der Waals surface area contributed by atoms with E-state index < -0.39 is 0 Å². The van der Waals surface area contributed by atoms with Crippen molar-refractivity contribution in [1.82, 2.24) is 24.9 Å². The zero-order chi connectivity index (χ0) is 22.1. The normalized spacial score (nSPS) is 16.6. The van der Waals surface area contributed by atoms with E-state index in [1.807, 2.05) is 10.7 Å². The molecule has 2 N–H and O–H groups in total. The van der Waals surface area contributed by atoms with E-state index in [2.05, 4.69) is 45.4 Å². The maximum absolute atomic E-state index is 12.8. The van der Waals surface area contributed by atoms with Crippen LogP contribution in [0.25, 0.3) is 0 Å². The molecule has 2 aromatic heterocycles. The molecule has 2 aliphatic rings. The van der Waals surface area contributed by atoms with Crippen LogP contribution in [0.15, 0.2) is 36.5 Å². The van der Waals surface area contributed by atoms with Gasteiger partial charge in [-0.3, -0.25) is 14.8 Å². The molecule has 0 unspecified atom stereocenters. The maximum Gasteiger partial charge on any atom is 0.256 e. The van der Waals surface area contributed by atoms with E-state index in [-0.39, 0.29) is 18.7 Å². The summed E-state index contributed by atoms with van der Waals surface area (Å²) < 4.78 is 12.6. The van der Waals surface area contributed by atoms with Gasteiger partial charge in [0, 0.05) is 37.0 Å². The Morgan fingerprint density at radius 1 is 1.19 bits per heavy atom. The number of likely N-dealkylation sites (tertiary alicyclic amines) is 1. The molecule has 2 aliphatic heterocycles. The topological polar surface area (TPSA) is 97.3 Å². The van der Waals surface area contributed by atoms with Gasteiger partial charge in [-0.2, -0.15) is 10.2 Å². The minimum atomic E-state index is -0.192. The van der Waals surface area contributed by atoms with Crippen molar-refractivity contribution in [3.63, 3.8) is 0 Å². The second kappa shape index (κ2) is 8.66. The number of nitrogens with zero attached hydrogens (tertiary/aromatic N) is 4. The number of amides is 1. The van der Waals surface area contributed by atoms with Crippen molar-refractivity contribution < 1.29 is 14.3 Å². The van der Waals surface area contributed by atoms with Crippen LogP contribution >= 0.6 is 0 Å². The molecule has 0 radical (unpaired) electrons. The highest BCUT2D eigenvalue weighted by Gasteiger charge is 2.24. The third-order valence-corrected chi connectivity index (χ3v) is 6.09. The van der Waals surface area contributed by atoms with Crippen molar-refractivity contribution in [3.8, 4) is 11.5 Å². The number of piperidine rings is 1. The molecule has 4 heterocycles. The first kappa shape index (κ1) is 20.6. The first-order valence-electron chi connectivity index (χ1n) is 11.1. The number of hydrogen-bond acceptors (Lipinski definition) is 6. The molecule has 0 atom stereocenters. The van der Waals surface area contributed by atoms with Crippen LogP contribution in [-0.2, 0) is 6.54 Å². The van der Waals surface area contributed by atoms with Crippen LogP contribution in [0.2, 0.25) is 0 Å². The summed E-state index contributed by atoms with van der Waals surface area (Å²) in [6.07, 6.45) is 3.68. The molecule has 9 heteroatoms. The second-order valence-corrected chi connectivity index (χ2v) is 8.66. The van der Waals surface area contributed by atoms with Gasteiger partial charge in [-0.05, 0) is 43.0 Å². The monoisotopic (exact) mass is 436 g/mol. The van der Waals surface area contributed by atoms with Gasteiger partial charge < -0.3 is 14.8 Å². The molecule has 0 saturated carbocycles. The minimum absolute atomic E-state index is 0.186. The van der Waals surface area contributed by atoms with Crippen molar-refractivity contribution >= 4 is 11.7 Å². The predicted octanol–water partition coefficient (Wildman–Crippen LogP) is 3.55. The smallest absolute Gasteiger partial charge is 0.256 e. The highest BCUT2D eigenvalue weighted by atomic mass is 16.7. The van der Waals surface area contributed by atoms with Gasteiger partial charge in [0.05, 0.1) is 17.9 Å². The number of anilines is 1. The fraction of sp³-hybridized carbons (Fsp3) is 0.435. The van der Waals surface area contributed by atoms with Gasteiger partial charge in [0.25, 0.3) is 5.91 Å². The van der Waals surface area contributed by atoms with E-state index >= 15 is 0 Å². The largest absolute Gasteiger partial charge is 0.454 e. The number of aromatic nitrogens is 4. The Balaban J connectivity index is 1.19. The van der Waals surface area contributed by atoms with Crippen LogP contribution in [0.4, 0.5) is 5.82 Å². The summed E-state index contributed by atoms with van der Waals surface area (Å²) in [5.74, 6) is 2.20. The van der Waals surface area contributed by atoms with Crippen molar-refractivity contribution in [2.75, 3.05) is 25.2 Å². The number of fused-ring (bicyclic) bond motifs is 1. The summed E-state index contributed by atoms with van der Waals surface area (Å²) in [5, 5.41) is 15.1. The molecular weight excluding hydrogens is 408 g/mol. The van der Waals surface area contributed by atoms with E-state index in [9.17, 15) is 4.79 Å².